The number of rotatable bonds is 4. The summed E-state index contributed by atoms with van der Waals surface area (Å²) in [6, 6.07) is 3.11. The van der Waals surface area contributed by atoms with E-state index in [0.717, 1.165) is 0 Å². The van der Waals surface area contributed by atoms with E-state index in [1.807, 2.05) is 0 Å². The van der Waals surface area contributed by atoms with E-state index in [4.69, 9.17) is 0 Å². The molecule has 1 N–H and O–H groups in total. The van der Waals surface area contributed by atoms with Crippen molar-refractivity contribution in [1.29, 1.82) is 0 Å². The Labute approximate surface area is 93.5 Å². The van der Waals surface area contributed by atoms with Gasteiger partial charge in [0.2, 0.25) is 0 Å². The Morgan fingerprint density at radius 1 is 1.19 bits per heavy atom. The molecule has 0 heterocycles. The van der Waals surface area contributed by atoms with Gasteiger partial charge in [-0.15, -0.1) is 0 Å². The first kappa shape index (κ1) is 12.2. The number of carboxylic acids is 1. The van der Waals surface area contributed by atoms with Gasteiger partial charge >= 0.3 is 0 Å². The van der Waals surface area contributed by atoms with Gasteiger partial charge in [-0.25, -0.2) is 0 Å². The predicted octanol–water partition coefficient (Wildman–Crippen LogP) is 0.722. The number of carbonyl (C=O) groups excluding carboxylic acids is 2. The van der Waals surface area contributed by atoms with E-state index < -0.39 is 5.97 Å². The van der Waals surface area contributed by atoms with Gasteiger partial charge in [0.05, 0.1) is 0 Å². The molecule has 0 saturated carbocycles. The molecule has 86 valence electrons. The molecule has 0 aliphatic rings. The van der Waals surface area contributed by atoms with E-state index in [1.165, 1.54) is 0 Å². The maximum absolute atomic E-state index is 11.6. The summed E-state index contributed by atoms with van der Waals surface area (Å²) in [6.07, 6.45) is -0.357. The van der Waals surface area contributed by atoms with Crippen LogP contribution in [-0.2, 0) is 4.79 Å². The summed E-state index contributed by atoms with van der Waals surface area (Å²) in [5, 5.41) is 19.7. The molecule has 16 heavy (non-hydrogen) atoms. The SMILES string of the molecule is Cc1cc(C(=O)CCC(=O)[O-])cc(C)c1O. The molecule has 0 aliphatic carbocycles. The van der Waals surface area contributed by atoms with E-state index >= 15 is 0 Å². The highest BCUT2D eigenvalue weighted by atomic mass is 16.4. The maximum Gasteiger partial charge on any atom is 0.163 e. The van der Waals surface area contributed by atoms with Gasteiger partial charge in [0, 0.05) is 18.0 Å². The number of aromatic hydroxyl groups is 1. The van der Waals surface area contributed by atoms with Crippen LogP contribution in [-0.4, -0.2) is 16.9 Å². The molecule has 0 atom stereocenters. The zero-order chi connectivity index (χ0) is 12.3. The Bertz CT molecular complexity index is 412. The van der Waals surface area contributed by atoms with Crippen LogP contribution in [0, 0.1) is 13.8 Å². The third-order valence-electron chi connectivity index (χ3n) is 2.37. The minimum absolute atomic E-state index is 0.0774. The van der Waals surface area contributed by atoms with Gasteiger partial charge in [0.1, 0.15) is 5.75 Å². The fourth-order valence-corrected chi connectivity index (χ4v) is 1.48. The lowest BCUT2D eigenvalue weighted by Crippen LogP contribution is -2.22. The van der Waals surface area contributed by atoms with Crippen molar-refractivity contribution in [2.24, 2.45) is 0 Å². The number of carbonyl (C=O) groups is 2. The van der Waals surface area contributed by atoms with Gasteiger partial charge in [-0.2, -0.15) is 0 Å². The molecule has 0 aliphatic heterocycles. The van der Waals surface area contributed by atoms with Crippen molar-refractivity contribution in [3.05, 3.63) is 28.8 Å². The highest BCUT2D eigenvalue weighted by Crippen LogP contribution is 2.23. The van der Waals surface area contributed by atoms with Crippen molar-refractivity contribution in [2.75, 3.05) is 0 Å². The molecule has 0 bridgehead atoms. The highest BCUT2D eigenvalue weighted by molar-refractivity contribution is 5.97. The Balaban J connectivity index is 2.88. The summed E-state index contributed by atoms with van der Waals surface area (Å²) in [4.78, 5) is 21.8. The van der Waals surface area contributed by atoms with Crippen LogP contribution in [0.2, 0.25) is 0 Å². The van der Waals surface area contributed by atoms with Crippen molar-refractivity contribution in [1.82, 2.24) is 0 Å². The monoisotopic (exact) mass is 221 g/mol. The number of aryl methyl sites for hydroxylation is 2. The Kier molecular flexibility index (Phi) is 3.66. The molecule has 1 aromatic rings. The Morgan fingerprint density at radius 2 is 1.69 bits per heavy atom. The topological polar surface area (TPSA) is 77.4 Å². The van der Waals surface area contributed by atoms with Gasteiger partial charge < -0.3 is 15.0 Å². The average Bonchev–Trinajstić information content (AvgIpc) is 2.21. The molecular formula is C12H13O4-. The van der Waals surface area contributed by atoms with Crippen LogP contribution in [0.25, 0.3) is 0 Å². The van der Waals surface area contributed by atoms with Crippen LogP contribution >= 0.6 is 0 Å². The summed E-state index contributed by atoms with van der Waals surface area (Å²) < 4.78 is 0. The highest BCUT2D eigenvalue weighted by Gasteiger charge is 2.10. The fourth-order valence-electron chi connectivity index (χ4n) is 1.48. The third-order valence-corrected chi connectivity index (χ3v) is 2.37. The third kappa shape index (κ3) is 2.82. The number of hydrogen-bond acceptors (Lipinski definition) is 4. The zero-order valence-electron chi connectivity index (χ0n) is 9.24. The molecule has 0 saturated heterocycles. The van der Waals surface area contributed by atoms with Crippen molar-refractivity contribution in [3.63, 3.8) is 0 Å². The fraction of sp³-hybridized carbons (Fsp3) is 0.333. The maximum atomic E-state index is 11.6. The number of phenols is 1. The van der Waals surface area contributed by atoms with Crippen molar-refractivity contribution >= 4 is 11.8 Å². The molecule has 1 aromatic carbocycles. The number of benzene rings is 1. The lowest BCUT2D eigenvalue weighted by molar-refractivity contribution is -0.305. The first-order chi connectivity index (χ1) is 7.41. The molecule has 0 spiro atoms. The molecule has 0 aromatic heterocycles. The van der Waals surface area contributed by atoms with E-state index in [0.29, 0.717) is 16.7 Å². The average molecular weight is 221 g/mol. The second kappa shape index (κ2) is 4.79. The summed E-state index contributed by atoms with van der Waals surface area (Å²) in [5.74, 6) is -1.33. The summed E-state index contributed by atoms with van der Waals surface area (Å²) in [6.45, 7) is 3.38. The van der Waals surface area contributed by atoms with Gasteiger partial charge in [0.15, 0.2) is 5.78 Å². The molecule has 0 amide bonds. The smallest absolute Gasteiger partial charge is 0.163 e. The second-order valence-electron chi connectivity index (χ2n) is 3.75. The number of hydrogen-bond donors (Lipinski definition) is 1. The standard InChI is InChI=1S/C12H14O4/c1-7-5-9(6-8(2)12(7)16)10(13)3-4-11(14)15/h5-6,16H,3-4H2,1-2H3,(H,14,15)/p-1. The van der Waals surface area contributed by atoms with E-state index in [-0.39, 0.29) is 24.4 Å². The van der Waals surface area contributed by atoms with Crippen molar-refractivity contribution in [3.8, 4) is 5.75 Å². The number of aliphatic carboxylic acids is 1. The molecule has 1 rings (SSSR count). The van der Waals surface area contributed by atoms with Gasteiger partial charge in [-0.05, 0) is 43.5 Å². The number of carboxylic acid groups (broad SMARTS) is 1. The van der Waals surface area contributed by atoms with E-state index in [1.54, 1.807) is 26.0 Å². The number of phenolic OH excluding ortho intramolecular Hbond substituents is 1. The van der Waals surface area contributed by atoms with Gasteiger partial charge in [-0.3, -0.25) is 4.79 Å². The molecule has 4 heteroatoms. The normalized spacial score (nSPS) is 10.1. The Hall–Kier alpha value is -1.84. The lowest BCUT2D eigenvalue weighted by atomic mass is 10.0. The number of Topliss-reactive ketones (excluding diaryl/α,β-unsaturated/α-hetero) is 1. The van der Waals surface area contributed by atoms with Crippen LogP contribution in [0.5, 0.6) is 5.75 Å². The van der Waals surface area contributed by atoms with Gasteiger partial charge in [0.25, 0.3) is 0 Å². The molecule has 0 radical (unpaired) electrons. The summed E-state index contributed by atoms with van der Waals surface area (Å²) in [5.41, 5.74) is 1.64. The van der Waals surface area contributed by atoms with Crippen LogP contribution < -0.4 is 5.11 Å². The first-order valence-electron chi connectivity index (χ1n) is 4.95. The van der Waals surface area contributed by atoms with Crippen LogP contribution in [0.15, 0.2) is 12.1 Å². The molecule has 0 unspecified atom stereocenters. The minimum atomic E-state index is -1.24. The lowest BCUT2D eigenvalue weighted by Gasteiger charge is -2.07. The van der Waals surface area contributed by atoms with Gasteiger partial charge in [-0.1, -0.05) is 0 Å². The summed E-state index contributed by atoms with van der Waals surface area (Å²) >= 11 is 0. The Morgan fingerprint density at radius 3 is 2.12 bits per heavy atom. The molecule has 4 nitrogen and oxygen atoms in total. The quantitative estimate of drug-likeness (QED) is 0.760. The van der Waals surface area contributed by atoms with Crippen LogP contribution in [0.1, 0.15) is 34.3 Å². The van der Waals surface area contributed by atoms with Crippen LogP contribution in [0.4, 0.5) is 0 Å². The van der Waals surface area contributed by atoms with Crippen LogP contribution in [0.3, 0.4) is 0 Å². The summed E-state index contributed by atoms with van der Waals surface area (Å²) in [7, 11) is 0. The number of ketones is 1. The largest absolute Gasteiger partial charge is 0.550 e. The predicted molar refractivity (Wildman–Crippen MR) is 56.2 cm³/mol. The van der Waals surface area contributed by atoms with E-state index in [9.17, 15) is 19.8 Å². The van der Waals surface area contributed by atoms with E-state index in [2.05, 4.69) is 0 Å². The van der Waals surface area contributed by atoms with Crippen molar-refractivity contribution < 1.29 is 19.8 Å². The second-order valence-corrected chi connectivity index (χ2v) is 3.75. The molecule has 0 fully saturated rings. The van der Waals surface area contributed by atoms with Crippen molar-refractivity contribution in [2.45, 2.75) is 26.7 Å². The minimum Gasteiger partial charge on any atom is -0.550 e. The zero-order valence-corrected chi connectivity index (χ0v) is 9.24. The first-order valence-corrected chi connectivity index (χ1v) is 4.95. The molecular weight excluding hydrogens is 208 g/mol.